The monoisotopic (exact) mass is 499 g/mol. The minimum absolute atomic E-state index is 0.0686. The molecule has 1 saturated heterocycles. The van der Waals surface area contributed by atoms with Gasteiger partial charge in [0.05, 0.1) is 22.7 Å². The molecule has 1 aliphatic rings. The van der Waals surface area contributed by atoms with Gasteiger partial charge in [-0.1, -0.05) is 65.4 Å². The van der Waals surface area contributed by atoms with Gasteiger partial charge in [0.15, 0.2) is 15.8 Å². The molecule has 1 fully saturated rings. The zero-order valence-corrected chi connectivity index (χ0v) is 20.2. The quantitative estimate of drug-likeness (QED) is 0.276. The molecule has 3 aromatic carbocycles. The molecule has 0 saturated carbocycles. The Kier molecular flexibility index (Phi) is 7.02. The fourth-order valence-corrected chi connectivity index (χ4v) is 4.77. The third kappa shape index (κ3) is 5.05. The number of carbonyl (C=O) groups excluding carboxylic acids is 1. The fraction of sp³-hybridized carbons (Fsp3) is 0.120. The first-order valence-electron chi connectivity index (χ1n) is 9.95. The first kappa shape index (κ1) is 23.3. The summed E-state index contributed by atoms with van der Waals surface area (Å²) in [7, 11) is 1.52. The van der Waals surface area contributed by atoms with E-state index >= 15 is 0 Å². The van der Waals surface area contributed by atoms with Crippen LogP contribution >= 0.6 is 35.6 Å². The number of ether oxygens (including phenoxy) is 2. The lowest BCUT2D eigenvalue weighted by Crippen LogP contribution is -2.27. The molecule has 0 bridgehead atoms. The zero-order chi connectivity index (χ0) is 23.5. The second kappa shape index (κ2) is 9.95. The van der Waals surface area contributed by atoms with Crippen LogP contribution in [0.5, 0.6) is 11.5 Å². The molecule has 0 aliphatic carbocycles. The molecule has 168 valence electrons. The Morgan fingerprint density at radius 3 is 2.58 bits per heavy atom. The Balaban J connectivity index is 1.59. The van der Waals surface area contributed by atoms with Crippen molar-refractivity contribution in [3.8, 4) is 11.5 Å². The van der Waals surface area contributed by atoms with E-state index in [9.17, 15) is 9.18 Å². The fourth-order valence-electron chi connectivity index (χ4n) is 3.25. The highest BCUT2D eigenvalue weighted by Crippen LogP contribution is 2.37. The normalized spacial score (nSPS) is 14.8. The molecule has 0 radical (unpaired) electrons. The summed E-state index contributed by atoms with van der Waals surface area (Å²) in [6.07, 6.45) is 1.75. The van der Waals surface area contributed by atoms with Crippen molar-refractivity contribution in [3.05, 3.63) is 93.1 Å². The number of hydrogen-bond acceptors (Lipinski definition) is 5. The second-order valence-electron chi connectivity index (χ2n) is 7.25. The van der Waals surface area contributed by atoms with Gasteiger partial charge >= 0.3 is 0 Å². The lowest BCUT2D eigenvalue weighted by atomic mass is 10.1. The van der Waals surface area contributed by atoms with Crippen LogP contribution in [0.2, 0.25) is 5.02 Å². The van der Waals surface area contributed by atoms with E-state index < -0.39 is 5.82 Å². The van der Waals surface area contributed by atoms with Crippen molar-refractivity contribution in [1.82, 2.24) is 0 Å². The van der Waals surface area contributed by atoms with Crippen LogP contribution < -0.4 is 14.4 Å². The lowest BCUT2D eigenvalue weighted by molar-refractivity contribution is -0.113. The van der Waals surface area contributed by atoms with Gasteiger partial charge in [-0.15, -0.1) is 0 Å². The van der Waals surface area contributed by atoms with Crippen molar-refractivity contribution in [2.45, 2.75) is 13.5 Å². The van der Waals surface area contributed by atoms with E-state index in [1.807, 2.05) is 31.2 Å². The molecule has 0 spiro atoms. The molecule has 3 aromatic rings. The Hall–Kier alpha value is -2.87. The van der Waals surface area contributed by atoms with E-state index in [1.54, 1.807) is 30.3 Å². The van der Waals surface area contributed by atoms with Crippen molar-refractivity contribution in [3.63, 3.8) is 0 Å². The van der Waals surface area contributed by atoms with E-state index in [0.717, 1.165) is 16.8 Å². The van der Waals surface area contributed by atoms with Crippen molar-refractivity contribution >= 4 is 57.6 Å². The van der Waals surface area contributed by atoms with Gasteiger partial charge in [-0.2, -0.15) is 0 Å². The minimum atomic E-state index is -0.447. The minimum Gasteiger partial charge on any atom is -0.493 e. The SMILES string of the molecule is COc1ccc(/C=C2\SC(=S)N(c3ccc(C)cc3)C2=O)cc1OCc1c(F)cccc1Cl. The number of anilines is 1. The number of amides is 1. The van der Waals surface area contributed by atoms with Crippen LogP contribution in [-0.2, 0) is 11.4 Å². The van der Waals surface area contributed by atoms with Gasteiger partial charge < -0.3 is 9.47 Å². The first-order valence-corrected chi connectivity index (χ1v) is 11.6. The smallest absolute Gasteiger partial charge is 0.270 e. The zero-order valence-electron chi connectivity index (χ0n) is 17.8. The van der Waals surface area contributed by atoms with Gasteiger partial charge in [0.2, 0.25) is 0 Å². The summed E-state index contributed by atoms with van der Waals surface area (Å²) >= 11 is 12.8. The van der Waals surface area contributed by atoms with Crippen LogP contribution in [0.15, 0.2) is 65.6 Å². The van der Waals surface area contributed by atoms with E-state index in [0.29, 0.717) is 20.7 Å². The molecular formula is C25H19ClFNO3S2. The third-order valence-electron chi connectivity index (χ3n) is 5.01. The third-order valence-corrected chi connectivity index (χ3v) is 6.66. The summed E-state index contributed by atoms with van der Waals surface area (Å²) in [4.78, 5) is 15.1. The van der Waals surface area contributed by atoms with Crippen LogP contribution in [0.4, 0.5) is 10.1 Å². The van der Waals surface area contributed by atoms with Gasteiger partial charge in [-0.3, -0.25) is 9.69 Å². The summed E-state index contributed by atoms with van der Waals surface area (Å²) in [5.74, 6) is 0.245. The molecule has 1 amide bonds. The maximum Gasteiger partial charge on any atom is 0.270 e. The number of benzene rings is 3. The van der Waals surface area contributed by atoms with Gasteiger partial charge in [0.25, 0.3) is 5.91 Å². The van der Waals surface area contributed by atoms with E-state index in [2.05, 4.69) is 0 Å². The topological polar surface area (TPSA) is 38.8 Å². The van der Waals surface area contributed by atoms with E-state index in [1.165, 1.54) is 35.9 Å². The van der Waals surface area contributed by atoms with Crippen LogP contribution in [-0.4, -0.2) is 17.3 Å². The average molecular weight is 500 g/mol. The number of hydrogen-bond donors (Lipinski definition) is 0. The summed E-state index contributed by atoms with van der Waals surface area (Å²) in [5, 5.41) is 0.282. The lowest BCUT2D eigenvalue weighted by Gasteiger charge is -2.14. The highest BCUT2D eigenvalue weighted by atomic mass is 35.5. The van der Waals surface area contributed by atoms with Crippen molar-refractivity contribution in [2.75, 3.05) is 12.0 Å². The molecule has 33 heavy (non-hydrogen) atoms. The number of nitrogens with zero attached hydrogens (tertiary/aromatic N) is 1. The van der Waals surface area contributed by atoms with E-state index in [4.69, 9.17) is 33.3 Å². The van der Waals surface area contributed by atoms with Gasteiger partial charge in [0.1, 0.15) is 12.4 Å². The van der Waals surface area contributed by atoms with Gasteiger partial charge in [-0.05, 0) is 55.0 Å². The molecule has 0 aromatic heterocycles. The maximum atomic E-state index is 14.1. The molecule has 0 unspecified atom stereocenters. The number of methoxy groups -OCH3 is 1. The van der Waals surface area contributed by atoms with Crippen molar-refractivity contribution < 1.29 is 18.7 Å². The van der Waals surface area contributed by atoms with Crippen LogP contribution in [0, 0.1) is 12.7 Å². The second-order valence-corrected chi connectivity index (χ2v) is 9.33. The summed E-state index contributed by atoms with van der Waals surface area (Å²) in [6, 6.07) is 17.3. The molecule has 0 N–H and O–H groups in total. The summed E-state index contributed by atoms with van der Waals surface area (Å²) < 4.78 is 25.8. The number of thiocarbonyl (C=S) groups is 1. The molecule has 0 atom stereocenters. The van der Waals surface area contributed by atoms with Gasteiger partial charge in [-0.25, -0.2) is 4.39 Å². The Morgan fingerprint density at radius 2 is 1.88 bits per heavy atom. The first-order chi connectivity index (χ1) is 15.9. The summed E-state index contributed by atoms with van der Waals surface area (Å²) in [5.41, 5.74) is 2.80. The average Bonchev–Trinajstić information content (AvgIpc) is 3.07. The number of rotatable bonds is 6. The Bertz CT molecular complexity index is 1240. The van der Waals surface area contributed by atoms with Crippen LogP contribution in [0.1, 0.15) is 16.7 Å². The summed E-state index contributed by atoms with van der Waals surface area (Å²) in [6.45, 7) is 1.91. The molecule has 1 heterocycles. The predicted octanol–water partition coefficient (Wildman–Crippen LogP) is 6.78. The predicted molar refractivity (Wildman–Crippen MR) is 136 cm³/mol. The van der Waals surface area contributed by atoms with Crippen LogP contribution in [0.3, 0.4) is 0 Å². The van der Waals surface area contributed by atoms with Crippen LogP contribution in [0.25, 0.3) is 6.08 Å². The van der Waals surface area contributed by atoms with E-state index in [-0.39, 0.29) is 23.1 Å². The van der Waals surface area contributed by atoms with Crippen molar-refractivity contribution in [2.24, 2.45) is 0 Å². The number of carbonyl (C=O) groups is 1. The molecule has 4 rings (SSSR count). The number of aryl methyl sites for hydroxylation is 1. The number of halogens is 2. The molecule has 4 nitrogen and oxygen atoms in total. The largest absolute Gasteiger partial charge is 0.493 e. The Labute approximate surface area is 206 Å². The molecule has 1 aliphatic heterocycles. The molecular weight excluding hydrogens is 481 g/mol. The van der Waals surface area contributed by atoms with Crippen molar-refractivity contribution in [1.29, 1.82) is 0 Å². The maximum absolute atomic E-state index is 14.1. The Morgan fingerprint density at radius 1 is 1.12 bits per heavy atom. The molecule has 8 heteroatoms. The highest BCUT2D eigenvalue weighted by molar-refractivity contribution is 8.27. The van der Waals surface area contributed by atoms with Gasteiger partial charge in [0, 0.05) is 5.56 Å². The highest BCUT2D eigenvalue weighted by Gasteiger charge is 2.33. The number of thioether (sulfide) groups is 1. The standard InChI is InChI=1S/C25H19ClFNO3S2/c1-15-6-9-17(10-7-15)28-24(29)23(33-25(28)32)13-16-8-11-21(30-2)22(12-16)31-14-18-19(26)4-3-5-20(18)27/h3-13H,14H2,1-2H3/b23-13-.